The molecule has 0 aliphatic rings. The van der Waals surface area contributed by atoms with Crippen molar-refractivity contribution in [2.24, 2.45) is 0 Å². The Balaban J connectivity index is 1.51. The van der Waals surface area contributed by atoms with Crippen LogP contribution < -0.4 is 0 Å². The first-order valence-electron chi connectivity index (χ1n) is 9.34. The third kappa shape index (κ3) is 3.69. The number of carbonyl (C=O) groups excluding carboxylic acids is 1. The lowest BCUT2D eigenvalue weighted by Crippen LogP contribution is -2.07. The number of carbonyl (C=O) groups is 1. The van der Waals surface area contributed by atoms with Crippen molar-refractivity contribution in [3.63, 3.8) is 0 Å². The summed E-state index contributed by atoms with van der Waals surface area (Å²) in [5, 5.41) is 0.619. The summed E-state index contributed by atoms with van der Waals surface area (Å²) < 4.78 is 1.85. The molecule has 3 heterocycles. The number of pyridine rings is 2. The van der Waals surface area contributed by atoms with Gasteiger partial charge in [0.25, 0.3) is 0 Å². The fraction of sp³-hybridized carbons (Fsp3) is 0.174. The number of hydrogen-bond acceptors (Lipinski definition) is 3. The SMILES string of the molecule is CCc1nc2cc(Cl)ccn2c1C(=O)CCc1ccc(-c2ccncc2)cc1. The van der Waals surface area contributed by atoms with E-state index < -0.39 is 0 Å². The Morgan fingerprint density at radius 1 is 1.04 bits per heavy atom. The summed E-state index contributed by atoms with van der Waals surface area (Å²) in [6.45, 7) is 2.01. The number of ketones is 1. The summed E-state index contributed by atoms with van der Waals surface area (Å²) in [4.78, 5) is 21.6. The van der Waals surface area contributed by atoms with Gasteiger partial charge in [-0.3, -0.25) is 14.2 Å². The Morgan fingerprint density at radius 2 is 1.75 bits per heavy atom. The zero-order valence-corrected chi connectivity index (χ0v) is 16.4. The largest absolute Gasteiger partial charge is 0.297 e. The highest BCUT2D eigenvalue weighted by atomic mass is 35.5. The van der Waals surface area contributed by atoms with E-state index in [2.05, 4.69) is 34.2 Å². The van der Waals surface area contributed by atoms with Gasteiger partial charge in [0.05, 0.1) is 5.69 Å². The molecule has 4 aromatic rings. The highest BCUT2D eigenvalue weighted by Crippen LogP contribution is 2.21. The minimum atomic E-state index is 0.102. The maximum Gasteiger partial charge on any atom is 0.181 e. The second-order valence-corrected chi connectivity index (χ2v) is 7.13. The molecule has 0 N–H and O–H groups in total. The van der Waals surface area contributed by atoms with Crippen LogP contribution in [0, 0.1) is 0 Å². The molecule has 0 aliphatic carbocycles. The Hall–Kier alpha value is -2.98. The highest BCUT2D eigenvalue weighted by Gasteiger charge is 2.18. The van der Waals surface area contributed by atoms with Crippen LogP contribution in [0.2, 0.25) is 5.02 Å². The Bertz CT molecular complexity index is 1120. The van der Waals surface area contributed by atoms with Gasteiger partial charge in [-0.2, -0.15) is 0 Å². The molecule has 0 spiro atoms. The summed E-state index contributed by atoms with van der Waals surface area (Å²) >= 11 is 6.06. The molecular weight excluding hydrogens is 370 g/mol. The predicted molar refractivity (Wildman–Crippen MR) is 112 cm³/mol. The average Bonchev–Trinajstić information content (AvgIpc) is 3.10. The summed E-state index contributed by atoms with van der Waals surface area (Å²) in [7, 11) is 0. The van der Waals surface area contributed by atoms with Gasteiger partial charge >= 0.3 is 0 Å². The number of aromatic nitrogens is 3. The van der Waals surface area contributed by atoms with Crippen molar-refractivity contribution in [1.82, 2.24) is 14.4 Å². The molecule has 0 atom stereocenters. The van der Waals surface area contributed by atoms with Crippen LogP contribution in [0.1, 0.15) is 35.1 Å². The van der Waals surface area contributed by atoms with Crippen molar-refractivity contribution in [2.45, 2.75) is 26.2 Å². The zero-order chi connectivity index (χ0) is 19.5. The van der Waals surface area contributed by atoms with Crippen LogP contribution in [-0.2, 0) is 12.8 Å². The van der Waals surface area contributed by atoms with Gasteiger partial charge in [0.1, 0.15) is 11.3 Å². The fourth-order valence-corrected chi connectivity index (χ4v) is 3.55. The van der Waals surface area contributed by atoms with E-state index in [1.807, 2.05) is 29.7 Å². The predicted octanol–water partition coefficient (Wildman–Crippen LogP) is 5.43. The van der Waals surface area contributed by atoms with Crippen molar-refractivity contribution in [2.75, 3.05) is 0 Å². The van der Waals surface area contributed by atoms with E-state index in [4.69, 9.17) is 11.6 Å². The molecule has 0 unspecified atom stereocenters. The third-order valence-electron chi connectivity index (χ3n) is 4.87. The van der Waals surface area contributed by atoms with Crippen molar-refractivity contribution < 1.29 is 4.79 Å². The van der Waals surface area contributed by atoms with Gasteiger partial charge in [-0.1, -0.05) is 42.8 Å². The average molecular weight is 390 g/mol. The molecule has 0 aliphatic heterocycles. The molecule has 4 nitrogen and oxygen atoms in total. The van der Waals surface area contributed by atoms with E-state index in [0.29, 0.717) is 30.0 Å². The van der Waals surface area contributed by atoms with Crippen molar-refractivity contribution in [1.29, 1.82) is 0 Å². The first kappa shape index (κ1) is 18.4. The number of Topliss-reactive ketones (excluding diaryl/α,β-unsaturated/α-hetero) is 1. The molecular formula is C23H20ClN3O. The molecule has 3 aromatic heterocycles. The third-order valence-corrected chi connectivity index (χ3v) is 5.10. The molecule has 28 heavy (non-hydrogen) atoms. The van der Waals surface area contributed by atoms with E-state index in [1.54, 1.807) is 24.5 Å². The topological polar surface area (TPSA) is 47.3 Å². The number of fused-ring (bicyclic) bond motifs is 1. The summed E-state index contributed by atoms with van der Waals surface area (Å²) in [6, 6.07) is 15.9. The standard InChI is InChI=1S/C23H20ClN3O/c1-2-20-23(27-14-11-19(24)15-22(27)26-20)21(28)8-5-16-3-6-17(7-4-16)18-9-12-25-13-10-18/h3-4,6-7,9-15H,2,5,8H2,1H3. The zero-order valence-electron chi connectivity index (χ0n) is 15.6. The summed E-state index contributed by atoms with van der Waals surface area (Å²) in [5.74, 6) is 0.102. The first-order valence-corrected chi connectivity index (χ1v) is 9.72. The number of rotatable bonds is 6. The Labute approximate surface area is 168 Å². The van der Waals surface area contributed by atoms with E-state index in [-0.39, 0.29) is 5.78 Å². The monoisotopic (exact) mass is 389 g/mol. The minimum Gasteiger partial charge on any atom is -0.297 e. The number of benzene rings is 1. The maximum atomic E-state index is 12.9. The Morgan fingerprint density at radius 3 is 2.46 bits per heavy atom. The second kappa shape index (κ2) is 7.95. The van der Waals surface area contributed by atoms with Gasteiger partial charge in [-0.15, -0.1) is 0 Å². The number of nitrogens with zero attached hydrogens (tertiary/aromatic N) is 3. The maximum absolute atomic E-state index is 12.9. The molecule has 0 saturated heterocycles. The van der Waals surface area contributed by atoms with Crippen molar-refractivity contribution in [3.05, 3.63) is 89.1 Å². The van der Waals surface area contributed by atoms with Crippen molar-refractivity contribution >= 4 is 23.0 Å². The first-order chi connectivity index (χ1) is 13.7. The van der Waals surface area contributed by atoms with Gasteiger partial charge in [0.15, 0.2) is 5.78 Å². The van der Waals surface area contributed by atoms with Gasteiger partial charge in [-0.05, 0) is 47.7 Å². The van der Waals surface area contributed by atoms with Crippen LogP contribution in [0.15, 0.2) is 67.1 Å². The van der Waals surface area contributed by atoms with Crippen LogP contribution in [0.3, 0.4) is 0 Å². The molecule has 0 bridgehead atoms. The van der Waals surface area contributed by atoms with Crippen LogP contribution >= 0.6 is 11.6 Å². The van der Waals surface area contributed by atoms with Crippen LogP contribution in [0.5, 0.6) is 0 Å². The summed E-state index contributed by atoms with van der Waals surface area (Å²) in [5.41, 5.74) is 5.62. The molecule has 140 valence electrons. The van der Waals surface area contributed by atoms with Crippen LogP contribution in [0.4, 0.5) is 0 Å². The number of halogens is 1. The van der Waals surface area contributed by atoms with Gasteiger partial charge in [0.2, 0.25) is 0 Å². The van der Waals surface area contributed by atoms with E-state index in [0.717, 1.165) is 28.0 Å². The molecule has 5 heteroatoms. The number of aryl methyl sites for hydroxylation is 2. The van der Waals surface area contributed by atoms with Crippen LogP contribution in [0.25, 0.3) is 16.8 Å². The minimum absolute atomic E-state index is 0.102. The molecule has 0 radical (unpaired) electrons. The number of hydrogen-bond donors (Lipinski definition) is 0. The second-order valence-electron chi connectivity index (χ2n) is 6.69. The molecule has 0 saturated carbocycles. The lowest BCUT2D eigenvalue weighted by atomic mass is 10.0. The van der Waals surface area contributed by atoms with Gasteiger partial charge in [0, 0.05) is 36.1 Å². The number of imidazole rings is 1. The van der Waals surface area contributed by atoms with Gasteiger partial charge in [-0.25, -0.2) is 4.98 Å². The van der Waals surface area contributed by atoms with Crippen molar-refractivity contribution in [3.8, 4) is 11.1 Å². The quantitative estimate of drug-likeness (QED) is 0.413. The molecule has 4 rings (SSSR count). The molecule has 1 aromatic carbocycles. The molecule has 0 fully saturated rings. The van der Waals surface area contributed by atoms with Gasteiger partial charge < -0.3 is 0 Å². The molecule has 0 amide bonds. The Kier molecular flexibility index (Phi) is 5.22. The van der Waals surface area contributed by atoms with E-state index in [9.17, 15) is 4.79 Å². The lowest BCUT2D eigenvalue weighted by Gasteiger charge is -2.06. The van der Waals surface area contributed by atoms with E-state index >= 15 is 0 Å². The van der Waals surface area contributed by atoms with E-state index in [1.165, 1.54) is 0 Å². The van der Waals surface area contributed by atoms with Crippen LogP contribution in [-0.4, -0.2) is 20.2 Å². The highest BCUT2D eigenvalue weighted by molar-refractivity contribution is 6.30. The lowest BCUT2D eigenvalue weighted by molar-refractivity contribution is 0.0976. The summed E-state index contributed by atoms with van der Waals surface area (Å²) in [6.07, 6.45) is 7.24. The fourth-order valence-electron chi connectivity index (χ4n) is 3.39. The smallest absolute Gasteiger partial charge is 0.181 e. The normalized spacial score (nSPS) is 11.1.